The lowest BCUT2D eigenvalue weighted by atomic mass is 9.88. The number of hydrogen-bond acceptors (Lipinski definition) is 0. The van der Waals surface area contributed by atoms with E-state index in [1.165, 1.54) is 56.9 Å². The Morgan fingerprint density at radius 1 is 0.929 bits per heavy atom. The van der Waals surface area contributed by atoms with Crippen LogP contribution in [0.2, 0.25) is 0 Å². The molecular formula is C14H28. The molecule has 0 nitrogen and oxygen atoms in total. The maximum atomic E-state index is 4.26. The Bertz CT molecular complexity index is 135. The zero-order chi connectivity index (χ0) is 10.8. The van der Waals surface area contributed by atoms with Crippen LogP contribution in [0.5, 0.6) is 0 Å². The van der Waals surface area contributed by atoms with Crippen LogP contribution in [0.1, 0.15) is 72.1 Å². The lowest BCUT2D eigenvalue weighted by Gasteiger charge is -2.18. The first kappa shape index (κ1) is 13.7. The lowest BCUT2D eigenvalue weighted by Crippen LogP contribution is -2.03. The molecule has 0 aromatic heterocycles. The van der Waals surface area contributed by atoms with E-state index in [1.807, 2.05) is 0 Å². The molecule has 0 aliphatic rings. The largest absolute Gasteiger partial charge is 0.0996 e. The van der Waals surface area contributed by atoms with Gasteiger partial charge in [-0.15, -0.1) is 0 Å². The fourth-order valence-electron chi connectivity index (χ4n) is 1.96. The molecule has 1 atom stereocenters. The first-order valence-electron chi connectivity index (χ1n) is 6.43. The summed E-state index contributed by atoms with van der Waals surface area (Å²) in [6.07, 6.45) is 10.6. The maximum Gasteiger partial charge on any atom is -0.0206 e. The van der Waals surface area contributed by atoms with E-state index in [2.05, 4.69) is 27.4 Å². The molecule has 0 heterocycles. The minimum absolute atomic E-state index is 0.812. The van der Waals surface area contributed by atoms with E-state index in [9.17, 15) is 0 Å². The third-order valence-corrected chi connectivity index (χ3v) is 2.97. The Balaban J connectivity index is 3.84. The second kappa shape index (κ2) is 9.30. The van der Waals surface area contributed by atoms with Crippen molar-refractivity contribution < 1.29 is 0 Å². The normalized spacial score (nSPS) is 12.8. The molecular weight excluding hydrogens is 168 g/mol. The Labute approximate surface area is 90.8 Å². The van der Waals surface area contributed by atoms with Gasteiger partial charge in [0.1, 0.15) is 0 Å². The Kier molecular flexibility index (Phi) is 9.13. The highest BCUT2D eigenvalue weighted by molar-refractivity contribution is 5.00. The first-order chi connectivity index (χ1) is 6.76. The van der Waals surface area contributed by atoms with Gasteiger partial charge in [-0.25, -0.2) is 0 Å². The van der Waals surface area contributed by atoms with Gasteiger partial charge in [0, 0.05) is 0 Å². The Hall–Kier alpha value is -0.260. The zero-order valence-corrected chi connectivity index (χ0v) is 10.4. The van der Waals surface area contributed by atoms with Crippen molar-refractivity contribution in [2.75, 3.05) is 0 Å². The van der Waals surface area contributed by atoms with Gasteiger partial charge >= 0.3 is 0 Å². The number of unbranched alkanes of at least 4 members (excludes halogenated alkanes) is 2. The summed E-state index contributed by atoms with van der Waals surface area (Å²) in [4.78, 5) is 0. The van der Waals surface area contributed by atoms with E-state index in [0.717, 1.165) is 5.92 Å². The van der Waals surface area contributed by atoms with Crippen LogP contribution in [0.15, 0.2) is 12.2 Å². The molecule has 0 N–H and O–H groups in total. The molecule has 0 aromatic rings. The van der Waals surface area contributed by atoms with Gasteiger partial charge in [-0.05, 0) is 31.6 Å². The van der Waals surface area contributed by atoms with Crippen LogP contribution in [-0.4, -0.2) is 0 Å². The van der Waals surface area contributed by atoms with E-state index in [4.69, 9.17) is 0 Å². The molecule has 0 fully saturated rings. The van der Waals surface area contributed by atoms with Crippen LogP contribution in [0.3, 0.4) is 0 Å². The highest BCUT2D eigenvalue weighted by Crippen LogP contribution is 2.25. The molecule has 0 radical (unpaired) electrons. The SMILES string of the molecule is C=C(CCCC)C(CCC)CCCC. The molecule has 14 heavy (non-hydrogen) atoms. The first-order valence-corrected chi connectivity index (χ1v) is 6.43. The summed E-state index contributed by atoms with van der Waals surface area (Å²) in [7, 11) is 0. The molecule has 0 saturated heterocycles. The summed E-state index contributed by atoms with van der Waals surface area (Å²) in [6, 6.07) is 0. The minimum Gasteiger partial charge on any atom is -0.0996 e. The maximum absolute atomic E-state index is 4.26. The van der Waals surface area contributed by atoms with E-state index in [1.54, 1.807) is 0 Å². The topological polar surface area (TPSA) is 0 Å². The van der Waals surface area contributed by atoms with Crippen molar-refractivity contribution in [2.24, 2.45) is 5.92 Å². The van der Waals surface area contributed by atoms with Gasteiger partial charge in [0.25, 0.3) is 0 Å². The molecule has 0 spiro atoms. The van der Waals surface area contributed by atoms with Gasteiger partial charge in [-0.1, -0.05) is 58.6 Å². The summed E-state index contributed by atoms with van der Waals surface area (Å²) in [5.74, 6) is 0.812. The second-order valence-electron chi connectivity index (χ2n) is 4.39. The van der Waals surface area contributed by atoms with E-state index in [0.29, 0.717) is 0 Å². The number of rotatable bonds is 9. The van der Waals surface area contributed by atoms with E-state index < -0.39 is 0 Å². The average molecular weight is 196 g/mol. The van der Waals surface area contributed by atoms with Crippen LogP contribution < -0.4 is 0 Å². The fraction of sp³-hybridized carbons (Fsp3) is 0.857. The van der Waals surface area contributed by atoms with Gasteiger partial charge in [-0.3, -0.25) is 0 Å². The van der Waals surface area contributed by atoms with Crippen molar-refractivity contribution in [3.8, 4) is 0 Å². The van der Waals surface area contributed by atoms with Crippen LogP contribution in [0.4, 0.5) is 0 Å². The Morgan fingerprint density at radius 3 is 2.07 bits per heavy atom. The monoisotopic (exact) mass is 196 g/mol. The molecule has 0 aromatic carbocycles. The van der Waals surface area contributed by atoms with Gasteiger partial charge in [0.2, 0.25) is 0 Å². The predicted octanol–water partition coefficient (Wildman–Crippen LogP) is 5.34. The van der Waals surface area contributed by atoms with Gasteiger partial charge in [-0.2, -0.15) is 0 Å². The molecule has 0 amide bonds. The lowest BCUT2D eigenvalue weighted by molar-refractivity contribution is 0.473. The van der Waals surface area contributed by atoms with E-state index in [-0.39, 0.29) is 0 Å². The molecule has 0 aliphatic carbocycles. The quantitative estimate of drug-likeness (QED) is 0.437. The molecule has 0 aliphatic heterocycles. The number of hydrogen-bond donors (Lipinski definition) is 0. The van der Waals surface area contributed by atoms with Crippen molar-refractivity contribution in [1.82, 2.24) is 0 Å². The van der Waals surface area contributed by atoms with Crippen LogP contribution in [0, 0.1) is 5.92 Å². The predicted molar refractivity (Wildman–Crippen MR) is 66.6 cm³/mol. The van der Waals surface area contributed by atoms with Crippen molar-refractivity contribution >= 4 is 0 Å². The van der Waals surface area contributed by atoms with Crippen molar-refractivity contribution in [3.05, 3.63) is 12.2 Å². The number of allylic oxidation sites excluding steroid dienone is 1. The fourth-order valence-corrected chi connectivity index (χ4v) is 1.96. The third-order valence-electron chi connectivity index (χ3n) is 2.97. The minimum atomic E-state index is 0.812. The van der Waals surface area contributed by atoms with E-state index >= 15 is 0 Å². The highest BCUT2D eigenvalue weighted by atomic mass is 14.2. The molecule has 0 bridgehead atoms. The smallest absolute Gasteiger partial charge is 0.0206 e. The second-order valence-corrected chi connectivity index (χ2v) is 4.39. The molecule has 0 rings (SSSR count). The van der Waals surface area contributed by atoms with Crippen LogP contribution in [0.25, 0.3) is 0 Å². The summed E-state index contributed by atoms with van der Waals surface area (Å²) in [5.41, 5.74) is 1.52. The Morgan fingerprint density at radius 2 is 1.57 bits per heavy atom. The van der Waals surface area contributed by atoms with Crippen LogP contribution in [-0.2, 0) is 0 Å². The van der Waals surface area contributed by atoms with Gasteiger partial charge in [0.15, 0.2) is 0 Å². The highest BCUT2D eigenvalue weighted by Gasteiger charge is 2.10. The van der Waals surface area contributed by atoms with Gasteiger partial charge in [0.05, 0.1) is 0 Å². The summed E-state index contributed by atoms with van der Waals surface area (Å²) in [6.45, 7) is 11.1. The van der Waals surface area contributed by atoms with Crippen molar-refractivity contribution in [3.63, 3.8) is 0 Å². The van der Waals surface area contributed by atoms with Gasteiger partial charge < -0.3 is 0 Å². The zero-order valence-electron chi connectivity index (χ0n) is 10.4. The molecule has 84 valence electrons. The molecule has 0 heteroatoms. The molecule has 1 unspecified atom stereocenters. The van der Waals surface area contributed by atoms with Crippen LogP contribution >= 0.6 is 0 Å². The average Bonchev–Trinajstić information content (AvgIpc) is 2.20. The summed E-state index contributed by atoms with van der Waals surface area (Å²) >= 11 is 0. The molecule has 0 saturated carbocycles. The third kappa shape index (κ3) is 6.23. The summed E-state index contributed by atoms with van der Waals surface area (Å²) in [5, 5.41) is 0. The van der Waals surface area contributed by atoms with Crippen molar-refractivity contribution in [2.45, 2.75) is 72.1 Å². The summed E-state index contributed by atoms with van der Waals surface area (Å²) < 4.78 is 0. The van der Waals surface area contributed by atoms with Crippen molar-refractivity contribution in [1.29, 1.82) is 0 Å². The standard InChI is InChI=1S/C14H28/c1-5-8-11-13(4)14(10-7-3)12-9-6-2/h14H,4-12H2,1-3H3.